The van der Waals surface area contributed by atoms with Crippen LogP contribution >= 0.6 is 0 Å². The van der Waals surface area contributed by atoms with E-state index in [0.717, 1.165) is 25.9 Å². The van der Waals surface area contributed by atoms with Crippen LogP contribution in [0.4, 0.5) is 0 Å². The van der Waals surface area contributed by atoms with Gasteiger partial charge in [-0.1, -0.05) is 24.3 Å². The van der Waals surface area contributed by atoms with Crippen LogP contribution in [-0.4, -0.2) is 23.8 Å². The molecule has 2 aliphatic rings. The Morgan fingerprint density at radius 3 is 2.79 bits per heavy atom. The van der Waals surface area contributed by atoms with Gasteiger partial charge < -0.3 is 10.4 Å². The van der Waals surface area contributed by atoms with Crippen molar-refractivity contribution in [2.45, 2.75) is 24.4 Å². The summed E-state index contributed by atoms with van der Waals surface area (Å²) in [7, 11) is 0. The van der Waals surface area contributed by atoms with E-state index in [-0.39, 0.29) is 0 Å². The number of aliphatic hydroxyl groups is 1. The molecule has 0 radical (unpaired) electrons. The quantitative estimate of drug-likeness (QED) is 0.692. The monoisotopic (exact) mass is 189 g/mol. The van der Waals surface area contributed by atoms with Gasteiger partial charge in [0.1, 0.15) is 0 Å². The lowest BCUT2D eigenvalue weighted by Gasteiger charge is -2.42. The summed E-state index contributed by atoms with van der Waals surface area (Å²) in [6.45, 7) is 1.51. The van der Waals surface area contributed by atoms with Crippen LogP contribution in [0.25, 0.3) is 0 Å². The third-order valence-corrected chi connectivity index (χ3v) is 3.64. The Morgan fingerprint density at radius 2 is 2.07 bits per heavy atom. The Kier molecular flexibility index (Phi) is 1.70. The molecule has 0 spiro atoms. The second-order valence-electron chi connectivity index (χ2n) is 4.50. The fourth-order valence-corrected chi connectivity index (χ4v) is 2.74. The first kappa shape index (κ1) is 8.45. The smallest absolute Gasteiger partial charge is 0.0963 e. The number of β-amino-alcohol motifs (C(OH)–C–C–N with tert-alkyl or cyclic N) is 1. The third kappa shape index (κ3) is 1.04. The zero-order valence-electron chi connectivity index (χ0n) is 8.16. The van der Waals surface area contributed by atoms with Gasteiger partial charge in [-0.15, -0.1) is 0 Å². The molecule has 0 saturated carbocycles. The fourth-order valence-electron chi connectivity index (χ4n) is 2.74. The molecule has 1 saturated heterocycles. The van der Waals surface area contributed by atoms with E-state index in [0.29, 0.717) is 5.92 Å². The lowest BCUT2D eigenvalue weighted by molar-refractivity contribution is -0.0343. The van der Waals surface area contributed by atoms with Gasteiger partial charge in [0.2, 0.25) is 0 Å². The molecular weight excluding hydrogens is 174 g/mol. The minimum absolute atomic E-state index is 0.361. The van der Waals surface area contributed by atoms with Gasteiger partial charge in [0.25, 0.3) is 0 Å². The summed E-state index contributed by atoms with van der Waals surface area (Å²) >= 11 is 0. The third-order valence-electron chi connectivity index (χ3n) is 3.64. The number of rotatable bonds is 1. The summed E-state index contributed by atoms with van der Waals surface area (Å²) in [4.78, 5) is 0. The van der Waals surface area contributed by atoms with Crippen molar-refractivity contribution in [1.82, 2.24) is 5.32 Å². The molecule has 0 amide bonds. The van der Waals surface area contributed by atoms with E-state index in [1.807, 2.05) is 0 Å². The summed E-state index contributed by atoms with van der Waals surface area (Å²) in [5.74, 6) is 0.361. The van der Waals surface area contributed by atoms with Gasteiger partial charge in [-0.3, -0.25) is 0 Å². The van der Waals surface area contributed by atoms with Crippen LogP contribution in [0.2, 0.25) is 0 Å². The van der Waals surface area contributed by atoms with Gasteiger partial charge in [0.05, 0.1) is 5.60 Å². The first-order valence-corrected chi connectivity index (χ1v) is 5.30. The van der Waals surface area contributed by atoms with E-state index >= 15 is 0 Å². The van der Waals surface area contributed by atoms with Crippen molar-refractivity contribution in [3.63, 3.8) is 0 Å². The summed E-state index contributed by atoms with van der Waals surface area (Å²) in [5.41, 5.74) is 2.33. The normalized spacial score (nSPS) is 28.2. The molecule has 3 rings (SSSR count). The zero-order chi connectivity index (χ0) is 9.60. The number of fused-ring (bicyclic) bond motifs is 1. The Balaban J connectivity index is 1.97. The number of nitrogens with one attached hydrogen (secondary N) is 1. The molecule has 1 atom stereocenters. The van der Waals surface area contributed by atoms with Crippen LogP contribution in [0.1, 0.15) is 23.5 Å². The molecule has 0 bridgehead atoms. The van der Waals surface area contributed by atoms with Crippen molar-refractivity contribution in [3.8, 4) is 0 Å². The van der Waals surface area contributed by atoms with E-state index in [9.17, 15) is 5.11 Å². The minimum Gasteiger partial charge on any atom is -0.387 e. The van der Waals surface area contributed by atoms with E-state index in [1.54, 1.807) is 0 Å². The van der Waals surface area contributed by atoms with Gasteiger partial charge >= 0.3 is 0 Å². The van der Waals surface area contributed by atoms with Gasteiger partial charge in [0, 0.05) is 19.0 Å². The average molecular weight is 189 g/mol. The van der Waals surface area contributed by atoms with Crippen molar-refractivity contribution in [2.75, 3.05) is 13.1 Å². The van der Waals surface area contributed by atoms with E-state index in [4.69, 9.17) is 0 Å². The van der Waals surface area contributed by atoms with E-state index in [2.05, 4.69) is 29.6 Å². The zero-order valence-corrected chi connectivity index (χ0v) is 8.16. The summed E-state index contributed by atoms with van der Waals surface area (Å²) in [6.07, 6.45) is 2.24. The van der Waals surface area contributed by atoms with Crippen molar-refractivity contribution >= 4 is 0 Å². The van der Waals surface area contributed by atoms with Gasteiger partial charge in [-0.25, -0.2) is 0 Å². The van der Waals surface area contributed by atoms with E-state index < -0.39 is 5.60 Å². The highest BCUT2D eigenvalue weighted by molar-refractivity contribution is 5.38. The number of hydrogen-bond acceptors (Lipinski definition) is 2. The second kappa shape index (κ2) is 2.81. The summed E-state index contributed by atoms with van der Waals surface area (Å²) in [5, 5.41) is 13.5. The van der Waals surface area contributed by atoms with Gasteiger partial charge in [-0.05, 0) is 24.0 Å². The summed E-state index contributed by atoms with van der Waals surface area (Å²) in [6, 6.07) is 8.52. The Bertz CT molecular complexity index is 357. The molecule has 2 heteroatoms. The highest BCUT2D eigenvalue weighted by atomic mass is 16.3. The first-order chi connectivity index (χ1) is 6.80. The average Bonchev–Trinajstić information content (AvgIpc) is 2.58. The molecule has 2 N–H and O–H groups in total. The van der Waals surface area contributed by atoms with Crippen LogP contribution in [0.5, 0.6) is 0 Å². The maximum absolute atomic E-state index is 10.3. The molecule has 1 unspecified atom stereocenters. The molecule has 1 fully saturated rings. The maximum atomic E-state index is 10.3. The fraction of sp³-hybridized carbons (Fsp3) is 0.500. The summed E-state index contributed by atoms with van der Waals surface area (Å²) < 4.78 is 0. The predicted octanol–water partition coefficient (Wildman–Crippen LogP) is 1.05. The highest BCUT2D eigenvalue weighted by Crippen LogP contribution is 2.41. The standard InChI is InChI=1S/C12H15NO/c14-12(7-13-8-12)11-6-5-9-3-1-2-4-10(9)11/h1-4,11,13-14H,5-8H2. The molecule has 0 aromatic heterocycles. The number of benzene rings is 1. The maximum Gasteiger partial charge on any atom is 0.0963 e. The molecule has 74 valence electrons. The number of aryl methyl sites for hydroxylation is 1. The molecule has 1 heterocycles. The van der Waals surface area contributed by atoms with Crippen molar-refractivity contribution in [2.24, 2.45) is 0 Å². The molecular formula is C12H15NO. The largest absolute Gasteiger partial charge is 0.387 e. The Hall–Kier alpha value is -0.860. The van der Waals surface area contributed by atoms with Gasteiger partial charge in [-0.2, -0.15) is 0 Å². The Morgan fingerprint density at radius 1 is 1.29 bits per heavy atom. The van der Waals surface area contributed by atoms with Crippen LogP contribution in [-0.2, 0) is 6.42 Å². The van der Waals surface area contributed by atoms with Crippen LogP contribution in [0.3, 0.4) is 0 Å². The van der Waals surface area contributed by atoms with Crippen LogP contribution in [0.15, 0.2) is 24.3 Å². The molecule has 1 aromatic carbocycles. The highest BCUT2D eigenvalue weighted by Gasteiger charge is 2.45. The number of hydrogen-bond donors (Lipinski definition) is 2. The minimum atomic E-state index is -0.466. The molecule has 14 heavy (non-hydrogen) atoms. The van der Waals surface area contributed by atoms with Crippen LogP contribution in [0, 0.1) is 0 Å². The molecule has 1 aromatic rings. The van der Waals surface area contributed by atoms with Crippen molar-refractivity contribution < 1.29 is 5.11 Å². The lowest BCUT2D eigenvalue weighted by Crippen LogP contribution is -2.62. The van der Waals surface area contributed by atoms with Gasteiger partial charge in [0.15, 0.2) is 0 Å². The predicted molar refractivity (Wildman–Crippen MR) is 55.3 cm³/mol. The first-order valence-electron chi connectivity index (χ1n) is 5.30. The Labute approximate surface area is 84.0 Å². The SMILES string of the molecule is OC1(C2CCc3ccccc32)CNC1. The van der Waals surface area contributed by atoms with Crippen molar-refractivity contribution in [3.05, 3.63) is 35.4 Å². The molecule has 1 aliphatic carbocycles. The van der Waals surface area contributed by atoms with E-state index in [1.165, 1.54) is 11.1 Å². The lowest BCUT2D eigenvalue weighted by atomic mass is 9.79. The van der Waals surface area contributed by atoms with Crippen molar-refractivity contribution in [1.29, 1.82) is 0 Å². The molecule has 2 nitrogen and oxygen atoms in total. The van der Waals surface area contributed by atoms with Crippen LogP contribution < -0.4 is 5.32 Å². The second-order valence-corrected chi connectivity index (χ2v) is 4.50. The topological polar surface area (TPSA) is 32.3 Å². The molecule has 1 aliphatic heterocycles.